The molecule has 0 fully saturated rings. The van der Waals surface area contributed by atoms with E-state index in [2.05, 4.69) is 37.8 Å². The van der Waals surface area contributed by atoms with Crippen LogP contribution in [0.2, 0.25) is 0 Å². The molecule has 0 radical (unpaired) electrons. The minimum absolute atomic E-state index is 0.0388. The minimum Gasteiger partial charge on any atom is -0.383 e. The van der Waals surface area contributed by atoms with Crippen molar-refractivity contribution in [2.45, 2.75) is 50.4 Å². The van der Waals surface area contributed by atoms with E-state index in [4.69, 9.17) is 15.7 Å². The van der Waals surface area contributed by atoms with Crippen LogP contribution in [0.1, 0.15) is 64.2 Å². The van der Waals surface area contributed by atoms with Crippen LogP contribution in [0.15, 0.2) is 67.1 Å². The second-order valence-electron chi connectivity index (χ2n) is 10.9. The molecule has 0 spiro atoms. The summed E-state index contributed by atoms with van der Waals surface area (Å²) in [5.41, 5.74) is 13.0. The molecule has 0 bridgehead atoms. The van der Waals surface area contributed by atoms with Crippen molar-refractivity contribution in [2.24, 2.45) is 0 Å². The molecule has 1 aromatic carbocycles. The smallest absolute Gasteiger partial charge is 0.289 e. The topological polar surface area (TPSA) is 100 Å². The summed E-state index contributed by atoms with van der Waals surface area (Å²) < 4.78 is 30.3. The highest BCUT2D eigenvalue weighted by atomic mass is 32.1. The molecular formula is C31H26F2N8S. The van der Waals surface area contributed by atoms with Gasteiger partial charge in [0.2, 0.25) is 0 Å². The molecule has 8 nitrogen and oxygen atoms in total. The van der Waals surface area contributed by atoms with E-state index in [1.165, 1.54) is 22.5 Å². The molecule has 2 aliphatic carbocycles. The predicted molar refractivity (Wildman–Crippen MR) is 157 cm³/mol. The number of nitrogen functional groups attached to an aromatic ring is 1. The van der Waals surface area contributed by atoms with Crippen LogP contribution < -0.4 is 5.73 Å². The number of aromatic nitrogens is 7. The SMILES string of the molecule is Nc1ncccc1-c1nc2ccc(-n3cccn3)nc2n1-c1ccc2c(c1)CC[C@@H]2CC1CCc2nc(C(F)F)sc21. The Balaban J connectivity index is 1.18. The molecule has 1 unspecified atom stereocenters. The molecule has 2 aliphatic rings. The third kappa shape index (κ3) is 4.10. The average Bonchev–Trinajstić information content (AvgIpc) is 3.82. The van der Waals surface area contributed by atoms with Crippen molar-refractivity contribution in [3.8, 4) is 22.9 Å². The largest absolute Gasteiger partial charge is 0.383 e. The molecule has 8 rings (SSSR count). The van der Waals surface area contributed by atoms with Gasteiger partial charge in [0.15, 0.2) is 22.3 Å². The molecule has 5 aromatic heterocycles. The van der Waals surface area contributed by atoms with Crippen LogP contribution in [0.4, 0.5) is 14.6 Å². The minimum atomic E-state index is -2.50. The Labute approximate surface area is 243 Å². The molecule has 210 valence electrons. The zero-order chi connectivity index (χ0) is 28.4. The lowest BCUT2D eigenvalue weighted by Gasteiger charge is -2.18. The summed E-state index contributed by atoms with van der Waals surface area (Å²) in [4.78, 5) is 19.5. The molecule has 0 saturated heterocycles. The molecule has 2 N–H and O–H groups in total. The second kappa shape index (κ2) is 9.80. The van der Waals surface area contributed by atoms with E-state index in [0.29, 0.717) is 34.9 Å². The normalized spacial score (nSPS) is 17.8. The zero-order valence-corrected chi connectivity index (χ0v) is 23.3. The Bertz CT molecular complexity index is 1940. The molecule has 0 aliphatic heterocycles. The standard InChI is InChI=1S/C31H26F2N8S/c32-27(33)31-38-23-9-6-19(26(23)42-31)15-17-4-5-18-16-20(7-8-21(17)18)41-29(22-3-1-12-35-28(22)34)37-24-10-11-25(39-30(24)41)40-14-2-13-36-40/h1-3,7-8,10-14,16-17,19,27H,4-6,9,15H2,(H2,34,35)/t17-,19?/m1/s1. The van der Waals surface area contributed by atoms with Crippen molar-refractivity contribution in [1.29, 1.82) is 0 Å². The number of hydrogen-bond donors (Lipinski definition) is 1. The predicted octanol–water partition coefficient (Wildman–Crippen LogP) is 6.79. The Morgan fingerprint density at radius 3 is 2.71 bits per heavy atom. The maximum Gasteiger partial charge on any atom is 0.289 e. The number of fused-ring (bicyclic) bond motifs is 3. The molecule has 11 heteroatoms. The fourth-order valence-corrected chi connectivity index (χ4v) is 7.69. The monoisotopic (exact) mass is 580 g/mol. The highest BCUT2D eigenvalue weighted by molar-refractivity contribution is 7.12. The van der Waals surface area contributed by atoms with Gasteiger partial charge in [0, 0.05) is 29.2 Å². The Morgan fingerprint density at radius 1 is 0.976 bits per heavy atom. The molecule has 2 atom stereocenters. The van der Waals surface area contributed by atoms with Gasteiger partial charge in [0.1, 0.15) is 11.3 Å². The van der Waals surface area contributed by atoms with Gasteiger partial charge in [-0.05, 0) is 97.5 Å². The second-order valence-corrected chi connectivity index (χ2v) is 12.0. The first-order valence-corrected chi connectivity index (χ1v) is 14.9. The van der Waals surface area contributed by atoms with Gasteiger partial charge >= 0.3 is 0 Å². The van der Waals surface area contributed by atoms with Crippen LogP contribution in [0, 0.1) is 0 Å². The van der Waals surface area contributed by atoms with Crippen LogP contribution in [-0.2, 0) is 12.8 Å². The lowest BCUT2D eigenvalue weighted by Crippen LogP contribution is -2.05. The maximum absolute atomic E-state index is 13.3. The van der Waals surface area contributed by atoms with Crippen LogP contribution in [0.25, 0.3) is 34.1 Å². The fourth-order valence-electron chi connectivity index (χ4n) is 6.57. The number of imidazole rings is 1. The van der Waals surface area contributed by atoms with Gasteiger partial charge in [0.05, 0.1) is 11.3 Å². The summed E-state index contributed by atoms with van der Waals surface area (Å²) in [7, 11) is 0. The van der Waals surface area contributed by atoms with Crippen LogP contribution >= 0.6 is 11.3 Å². The molecule has 5 heterocycles. The number of anilines is 1. The Kier molecular flexibility index (Phi) is 5.88. The van der Waals surface area contributed by atoms with Crippen LogP contribution in [-0.4, -0.2) is 34.3 Å². The Hall–Kier alpha value is -4.51. The highest BCUT2D eigenvalue weighted by Crippen LogP contribution is 2.47. The maximum atomic E-state index is 13.3. The lowest BCUT2D eigenvalue weighted by atomic mass is 9.89. The van der Waals surface area contributed by atoms with E-state index in [1.54, 1.807) is 17.1 Å². The zero-order valence-electron chi connectivity index (χ0n) is 22.5. The van der Waals surface area contributed by atoms with Gasteiger partial charge in [-0.1, -0.05) is 6.07 Å². The van der Waals surface area contributed by atoms with Gasteiger partial charge in [-0.25, -0.2) is 33.4 Å². The number of pyridine rings is 2. The molecular weight excluding hydrogens is 554 g/mol. The first kappa shape index (κ1) is 25.2. The first-order valence-electron chi connectivity index (χ1n) is 14.0. The van der Waals surface area contributed by atoms with E-state index in [-0.39, 0.29) is 5.01 Å². The lowest BCUT2D eigenvalue weighted by molar-refractivity contribution is 0.150. The third-order valence-electron chi connectivity index (χ3n) is 8.50. The van der Waals surface area contributed by atoms with Crippen molar-refractivity contribution in [3.63, 3.8) is 0 Å². The summed E-state index contributed by atoms with van der Waals surface area (Å²) in [5, 5.41) is 4.31. The fraction of sp³-hybridized carbons (Fsp3) is 0.258. The van der Waals surface area contributed by atoms with Crippen molar-refractivity contribution in [3.05, 3.63) is 93.8 Å². The number of hydrogen-bond acceptors (Lipinski definition) is 7. The van der Waals surface area contributed by atoms with Crippen molar-refractivity contribution in [2.75, 3.05) is 5.73 Å². The average molecular weight is 581 g/mol. The summed E-state index contributed by atoms with van der Waals surface area (Å²) in [6, 6.07) is 16.1. The van der Waals surface area contributed by atoms with Crippen molar-refractivity contribution >= 4 is 28.3 Å². The number of nitrogens with two attached hydrogens (primary N) is 1. The summed E-state index contributed by atoms with van der Waals surface area (Å²) in [5.74, 6) is 2.45. The number of thiazole rings is 1. The first-order chi connectivity index (χ1) is 20.5. The van der Waals surface area contributed by atoms with Crippen molar-refractivity contribution < 1.29 is 8.78 Å². The molecule has 0 amide bonds. The quantitative estimate of drug-likeness (QED) is 0.233. The van der Waals surface area contributed by atoms with Crippen molar-refractivity contribution in [1.82, 2.24) is 34.3 Å². The van der Waals surface area contributed by atoms with Crippen LogP contribution in [0.5, 0.6) is 0 Å². The van der Waals surface area contributed by atoms with Gasteiger partial charge in [0.25, 0.3) is 6.43 Å². The van der Waals surface area contributed by atoms with Gasteiger partial charge in [-0.3, -0.25) is 4.57 Å². The summed E-state index contributed by atoms with van der Waals surface area (Å²) in [6.45, 7) is 0. The highest BCUT2D eigenvalue weighted by Gasteiger charge is 2.33. The van der Waals surface area contributed by atoms with E-state index in [0.717, 1.165) is 59.4 Å². The van der Waals surface area contributed by atoms with E-state index in [9.17, 15) is 8.78 Å². The van der Waals surface area contributed by atoms with Gasteiger partial charge in [-0.15, -0.1) is 11.3 Å². The number of halogens is 2. The number of nitrogens with zero attached hydrogens (tertiary/aromatic N) is 7. The Morgan fingerprint density at radius 2 is 1.88 bits per heavy atom. The number of rotatable bonds is 6. The van der Waals surface area contributed by atoms with Gasteiger partial charge < -0.3 is 5.73 Å². The van der Waals surface area contributed by atoms with E-state index < -0.39 is 6.43 Å². The summed E-state index contributed by atoms with van der Waals surface area (Å²) in [6.07, 6.45) is 7.50. The molecule has 0 saturated carbocycles. The van der Waals surface area contributed by atoms with E-state index in [1.807, 2.05) is 36.5 Å². The number of alkyl halides is 2. The summed E-state index contributed by atoms with van der Waals surface area (Å²) >= 11 is 1.21. The molecule has 42 heavy (non-hydrogen) atoms. The molecule has 6 aromatic rings. The third-order valence-corrected chi connectivity index (χ3v) is 9.76. The number of benzene rings is 1. The van der Waals surface area contributed by atoms with E-state index >= 15 is 0 Å². The van der Waals surface area contributed by atoms with Crippen LogP contribution in [0.3, 0.4) is 0 Å². The number of aryl methyl sites for hydroxylation is 2. The van der Waals surface area contributed by atoms with Gasteiger partial charge in [-0.2, -0.15) is 5.10 Å².